The van der Waals surface area contributed by atoms with Crippen molar-refractivity contribution in [2.24, 2.45) is 0 Å². The zero-order valence-electron chi connectivity index (χ0n) is 8.06. The molecule has 0 spiro atoms. The summed E-state index contributed by atoms with van der Waals surface area (Å²) >= 11 is 0. The van der Waals surface area contributed by atoms with Crippen LogP contribution in [0, 0.1) is 6.92 Å². The molecule has 2 rings (SSSR count). The summed E-state index contributed by atoms with van der Waals surface area (Å²) in [6, 6.07) is 0. The quantitative estimate of drug-likeness (QED) is 0.729. The predicted molar refractivity (Wildman–Crippen MR) is 54.0 cm³/mol. The molecule has 6 nitrogen and oxygen atoms in total. The summed E-state index contributed by atoms with van der Waals surface area (Å²) in [4.78, 5) is 18.3. The smallest absolute Gasteiger partial charge is 0.227 e. The van der Waals surface area contributed by atoms with Gasteiger partial charge in [-0.15, -0.1) is 0 Å². The zero-order valence-corrected chi connectivity index (χ0v) is 8.06. The van der Waals surface area contributed by atoms with E-state index in [0.29, 0.717) is 17.8 Å². The first-order valence-corrected chi connectivity index (χ1v) is 4.34. The summed E-state index contributed by atoms with van der Waals surface area (Å²) in [6.45, 7) is 1.86. The van der Waals surface area contributed by atoms with Crippen molar-refractivity contribution in [2.45, 2.75) is 6.92 Å². The number of aldehydes is 1. The lowest BCUT2D eigenvalue weighted by atomic mass is 10.4. The van der Waals surface area contributed by atoms with Gasteiger partial charge in [0.1, 0.15) is 0 Å². The third-order valence-electron chi connectivity index (χ3n) is 1.89. The first kappa shape index (κ1) is 9.32. The molecule has 76 valence electrons. The molecule has 0 bridgehead atoms. The molecule has 0 aromatic carbocycles. The Morgan fingerprint density at radius 2 is 2.13 bits per heavy atom. The Labute approximate surface area is 85.8 Å². The fourth-order valence-corrected chi connectivity index (χ4v) is 1.07. The molecular weight excluding hydrogens is 194 g/mol. The number of aromatic amines is 1. The number of rotatable bonds is 3. The van der Waals surface area contributed by atoms with E-state index in [1.165, 1.54) is 12.4 Å². The van der Waals surface area contributed by atoms with Crippen molar-refractivity contribution >= 4 is 17.9 Å². The van der Waals surface area contributed by atoms with Gasteiger partial charge in [0.15, 0.2) is 6.29 Å². The summed E-state index contributed by atoms with van der Waals surface area (Å²) < 4.78 is 0. The Morgan fingerprint density at radius 3 is 2.67 bits per heavy atom. The molecule has 0 aliphatic carbocycles. The standard InChI is InChI=1S/C9H9N5O/c1-6-8(4-12-14-6)13-9-10-2-7(5-15)3-11-9/h2-5H,1H3,(H,12,14)(H,10,11,13). The van der Waals surface area contributed by atoms with E-state index in [9.17, 15) is 4.79 Å². The van der Waals surface area contributed by atoms with E-state index in [4.69, 9.17) is 0 Å². The molecule has 2 aromatic rings. The van der Waals surface area contributed by atoms with Crippen molar-refractivity contribution in [1.82, 2.24) is 20.2 Å². The molecule has 2 heterocycles. The Kier molecular flexibility index (Phi) is 2.40. The van der Waals surface area contributed by atoms with Crippen LogP contribution < -0.4 is 5.32 Å². The van der Waals surface area contributed by atoms with Gasteiger partial charge in [0, 0.05) is 18.6 Å². The van der Waals surface area contributed by atoms with Crippen molar-refractivity contribution in [3.63, 3.8) is 0 Å². The molecule has 2 aromatic heterocycles. The van der Waals surface area contributed by atoms with Crippen LogP contribution in [-0.4, -0.2) is 26.5 Å². The molecule has 2 N–H and O–H groups in total. The van der Waals surface area contributed by atoms with Crippen molar-refractivity contribution in [2.75, 3.05) is 5.32 Å². The fourth-order valence-electron chi connectivity index (χ4n) is 1.07. The van der Waals surface area contributed by atoms with Gasteiger partial charge in [-0.3, -0.25) is 9.89 Å². The van der Waals surface area contributed by atoms with Crippen LogP contribution in [0.25, 0.3) is 0 Å². The summed E-state index contributed by atoms with van der Waals surface area (Å²) in [5.41, 5.74) is 2.09. The highest BCUT2D eigenvalue weighted by Gasteiger charge is 2.02. The lowest BCUT2D eigenvalue weighted by Crippen LogP contribution is -1.97. The van der Waals surface area contributed by atoms with E-state index in [2.05, 4.69) is 25.5 Å². The van der Waals surface area contributed by atoms with Gasteiger partial charge in [-0.05, 0) is 6.92 Å². The van der Waals surface area contributed by atoms with E-state index >= 15 is 0 Å². The molecule has 0 radical (unpaired) electrons. The van der Waals surface area contributed by atoms with Crippen LogP contribution in [0.3, 0.4) is 0 Å². The minimum absolute atomic E-state index is 0.435. The summed E-state index contributed by atoms with van der Waals surface area (Å²) in [7, 11) is 0. The van der Waals surface area contributed by atoms with Crippen molar-refractivity contribution < 1.29 is 4.79 Å². The second-order valence-electron chi connectivity index (χ2n) is 2.97. The maximum Gasteiger partial charge on any atom is 0.227 e. The summed E-state index contributed by atoms with van der Waals surface area (Å²) in [5, 5.41) is 9.64. The third-order valence-corrected chi connectivity index (χ3v) is 1.89. The van der Waals surface area contributed by atoms with Crippen molar-refractivity contribution in [1.29, 1.82) is 0 Å². The first-order chi connectivity index (χ1) is 7.29. The molecule has 0 amide bonds. The lowest BCUT2D eigenvalue weighted by Gasteiger charge is -2.01. The van der Waals surface area contributed by atoms with Crippen LogP contribution in [0.4, 0.5) is 11.6 Å². The number of H-pyrrole nitrogens is 1. The zero-order chi connectivity index (χ0) is 10.7. The number of hydrogen-bond acceptors (Lipinski definition) is 5. The number of aromatic nitrogens is 4. The van der Waals surface area contributed by atoms with Gasteiger partial charge in [0.25, 0.3) is 0 Å². The number of nitrogens with one attached hydrogen (secondary N) is 2. The molecule has 15 heavy (non-hydrogen) atoms. The first-order valence-electron chi connectivity index (χ1n) is 4.34. The summed E-state index contributed by atoms with van der Waals surface area (Å²) in [6.07, 6.45) is 5.33. The van der Waals surface area contributed by atoms with Crippen LogP contribution in [0.2, 0.25) is 0 Å². The van der Waals surface area contributed by atoms with Gasteiger partial charge in [0.05, 0.1) is 16.9 Å². The average Bonchev–Trinajstić information content (AvgIpc) is 2.66. The molecule has 0 aliphatic heterocycles. The van der Waals surface area contributed by atoms with E-state index in [-0.39, 0.29) is 0 Å². The van der Waals surface area contributed by atoms with Gasteiger partial charge in [0.2, 0.25) is 5.95 Å². The van der Waals surface area contributed by atoms with Crippen LogP contribution in [0.15, 0.2) is 18.6 Å². The van der Waals surface area contributed by atoms with Crippen molar-refractivity contribution in [3.8, 4) is 0 Å². The fraction of sp³-hybridized carbons (Fsp3) is 0.111. The molecule has 0 fully saturated rings. The van der Waals surface area contributed by atoms with E-state index < -0.39 is 0 Å². The maximum absolute atomic E-state index is 10.4. The lowest BCUT2D eigenvalue weighted by molar-refractivity contribution is 0.112. The Bertz CT molecular complexity index is 462. The normalized spacial score (nSPS) is 9.93. The molecule has 6 heteroatoms. The number of carbonyl (C=O) groups is 1. The maximum atomic E-state index is 10.4. The van der Waals surface area contributed by atoms with E-state index in [1.54, 1.807) is 6.20 Å². The average molecular weight is 203 g/mol. The number of aryl methyl sites for hydroxylation is 1. The molecular formula is C9H9N5O. The molecule has 0 aliphatic rings. The van der Waals surface area contributed by atoms with E-state index in [0.717, 1.165) is 11.4 Å². The van der Waals surface area contributed by atoms with E-state index in [1.807, 2.05) is 6.92 Å². The van der Waals surface area contributed by atoms with Crippen LogP contribution in [0.5, 0.6) is 0 Å². The number of hydrogen-bond donors (Lipinski definition) is 2. The molecule has 0 unspecified atom stereocenters. The highest BCUT2D eigenvalue weighted by Crippen LogP contribution is 2.13. The number of nitrogens with zero attached hydrogens (tertiary/aromatic N) is 3. The largest absolute Gasteiger partial charge is 0.321 e. The number of carbonyl (C=O) groups excluding carboxylic acids is 1. The topological polar surface area (TPSA) is 83.6 Å². The van der Waals surface area contributed by atoms with Crippen LogP contribution in [0.1, 0.15) is 16.1 Å². The van der Waals surface area contributed by atoms with Gasteiger partial charge >= 0.3 is 0 Å². The molecule has 0 saturated heterocycles. The highest BCUT2D eigenvalue weighted by atomic mass is 16.1. The molecule has 0 atom stereocenters. The number of anilines is 2. The molecule has 0 saturated carbocycles. The minimum atomic E-state index is 0.435. The highest BCUT2D eigenvalue weighted by molar-refractivity contribution is 5.73. The van der Waals surface area contributed by atoms with Crippen LogP contribution >= 0.6 is 0 Å². The van der Waals surface area contributed by atoms with Gasteiger partial charge in [-0.2, -0.15) is 5.10 Å². The van der Waals surface area contributed by atoms with Gasteiger partial charge < -0.3 is 5.32 Å². The second-order valence-corrected chi connectivity index (χ2v) is 2.97. The third kappa shape index (κ3) is 1.98. The van der Waals surface area contributed by atoms with Gasteiger partial charge in [-0.25, -0.2) is 9.97 Å². The minimum Gasteiger partial charge on any atom is -0.321 e. The Hall–Kier alpha value is -2.24. The second kappa shape index (κ2) is 3.87. The SMILES string of the molecule is Cc1n[nH]cc1Nc1ncc(C=O)cn1. The van der Waals surface area contributed by atoms with Crippen LogP contribution in [-0.2, 0) is 0 Å². The Balaban J connectivity index is 2.18. The predicted octanol–water partition coefficient (Wildman–Crippen LogP) is 1.06. The Morgan fingerprint density at radius 1 is 1.40 bits per heavy atom. The van der Waals surface area contributed by atoms with Crippen molar-refractivity contribution in [3.05, 3.63) is 29.8 Å². The summed E-state index contributed by atoms with van der Waals surface area (Å²) in [5.74, 6) is 0.435. The van der Waals surface area contributed by atoms with Gasteiger partial charge in [-0.1, -0.05) is 0 Å². The monoisotopic (exact) mass is 203 g/mol.